The van der Waals surface area contributed by atoms with Gasteiger partial charge >= 0.3 is 0 Å². The summed E-state index contributed by atoms with van der Waals surface area (Å²) < 4.78 is 20.2. The molecule has 1 spiro atoms. The topological polar surface area (TPSA) is 47.9 Å². The van der Waals surface area contributed by atoms with E-state index < -0.39 is 28.5 Å². The molecule has 5 rings (SSSR count). The average Bonchev–Trinajstić information content (AvgIpc) is 3.67. The molecule has 3 fully saturated rings. The molecule has 42 heavy (non-hydrogen) atoms. The van der Waals surface area contributed by atoms with Crippen LogP contribution >= 0.6 is 11.6 Å². The first kappa shape index (κ1) is 32.4. The first-order valence-electron chi connectivity index (χ1n) is 16.2. The van der Waals surface area contributed by atoms with Gasteiger partial charge in [-0.1, -0.05) is 55.8 Å². The van der Waals surface area contributed by atoms with Gasteiger partial charge in [-0.15, -0.1) is 0 Å². The number of rotatable bonds is 9. The van der Waals surface area contributed by atoms with Crippen LogP contribution in [0.4, 0.5) is 0 Å². The second-order valence-corrected chi connectivity index (χ2v) is 24.8. The van der Waals surface area contributed by atoms with Crippen LogP contribution in [0.2, 0.25) is 44.3 Å². The number of hydrogen-bond acceptors (Lipinski definition) is 4. The molecule has 0 amide bonds. The summed E-state index contributed by atoms with van der Waals surface area (Å²) in [5, 5.41) is 13.2. The van der Waals surface area contributed by atoms with Crippen LogP contribution in [0.15, 0.2) is 42.5 Å². The Bertz CT molecular complexity index is 1220. The monoisotopic (exact) mass is 628 g/mol. The molecular formula is C35H53ClO4Si2. The van der Waals surface area contributed by atoms with Crippen molar-refractivity contribution in [3.05, 3.63) is 69.7 Å². The van der Waals surface area contributed by atoms with Gasteiger partial charge in [-0.25, -0.2) is 0 Å². The number of halogens is 1. The van der Waals surface area contributed by atoms with Crippen LogP contribution < -0.4 is 0 Å². The zero-order valence-corrected chi connectivity index (χ0v) is 29.9. The van der Waals surface area contributed by atoms with Gasteiger partial charge in [-0.2, -0.15) is 0 Å². The van der Waals surface area contributed by atoms with Crippen molar-refractivity contribution in [1.29, 1.82) is 0 Å². The van der Waals surface area contributed by atoms with Crippen molar-refractivity contribution in [2.75, 3.05) is 0 Å². The van der Waals surface area contributed by atoms with Crippen LogP contribution in [0.5, 0.6) is 0 Å². The van der Waals surface area contributed by atoms with Crippen molar-refractivity contribution >= 4 is 28.2 Å². The predicted octanol–water partition coefficient (Wildman–Crippen LogP) is 9.40. The van der Waals surface area contributed by atoms with Crippen molar-refractivity contribution in [3.8, 4) is 0 Å². The van der Waals surface area contributed by atoms with Gasteiger partial charge in [-0.3, -0.25) is 0 Å². The van der Waals surface area contributed by atoms with E-state index in [1.807, 2.05) is 18.2 Å². The fraction of sp³-hybridized carbons (Fsp3) is 0.657. The Morgan fingerprint density at radius 1 is 0.905 bits per heavy atom. The van der Waals surface area contributed by atoms with Crippen molar-refractivity contribution in [1.82, 2.24) is 0 Å². The SMILES string of the molecule is CC[C@H]1OC(O)(c2ccc(Cl)c(Cc3ccc(C4CCC5(CC4)CC5)cc3)c2)[C@H](O[Si](C)(C)C)[C@@H](O[Si](C)(C)C)[C@@H]1C. The summed E-state index contributed by atoms with van der Waals surface area (Å²) in [6.45, 7) is 17.4. The quantitative estimate of drug-likeness (QED) is 0.281. The molecule has 1 saturated heterocycles. The summed E-state index contributed by atoms with van der Waals surface area (Å²) in [5.41, 5.74) is 5.08. The zero-order valence-electron chi connectivity index (χ0n) is 27.1. The largest absolute Gasteiger partial charge is 0.412 e. The number of ether oxygens (including phenoxy) is 1. The summed E-state index contributed by atoms with van der Waals surface area (Å²) in [5.74, 6) is -0.855. The van der Waals surface area contributed by atoms with E-state index in [-0.39, 0.29) is 18.1 Å². The zero-order chi connectivity index (χ0) is 30.5. The molecule has 1 heterocycles. The first-order valence-corrected chi connectivity index (χ1v) is 23.4. The molecule has 0 radical (unpaired) electrons. The minimum absolute atomic E-state index is 0.0904. The molecule has 2 saturated carbocycles. The number of benzene rings is 2. The highest BCUT2D eigenvalue weighted by Gasteiger charge is 2.56. The standard InChI is InChI=1S/C35H53ClO4Si2/c1-9-31-24(2)32(39-41(3,4)5)33(40-42(6,7)8)35(37,38-31)29-14-15-30(36)28(23-29)22-25-10-12-26(13-11-25)27-16-18-34(19-17-27)20-21-34/h10-15,23-24,27,31-33,37H,9,16-22H2,1-8H3/t24-,31-,32+,33-,35?/m1/s1. The normalized spacial score (nSPS) is 30.0. The number of hydrogen-bond donors (Lipinski definition) is 1. The van der Waals surface area contributed by atoms with Gasteiger partial charge in [0, 0.05) is 16.5 Å². The molecule has 1 N–H and O–H groups in total. The summed E-state index contributed by atoms with van der Waals surface area (Å²) in [4.78, 5) is 0. The van der Waals surface area contributed by atoms with E-state index in [0.717, 1.165) is 17.4 Å². The molecule has 3 aliphatic rings. The van der Waals surface area contributed by atoms with Gasteiger partial charge in [0.15, 0.2) is 16.6 Å². The highest BCUT2D eigenvalue weighted by Crippen LogP contribution is 2.58. The Kier molecular flexibility index (Phi) is 9.31. The lowest BCUT2D eigenvalue weighted by atomic mass is 9.77. The van der Waals surface area contributed by atoms with Crippen LogP contribution in [0, 0.1) is 11.3 Å². The lowest BCUT2D eigenvalue weighted by Gasteiger charge is -2.53. The summed E-state index contributed by atoms with van der Waals surface area (Å²) >= 11 is 6.79. The summed E-state index contributed by atoms with van der Waals surface area (Å²) in [6.07, 6.45) is 8.77. The fourth-order valence-corrected chi connectivity index (χ4v) is 9.60. The average molecular weight is 629 g/mol. The molecule has 0 aromatic heterocycles. The van der Waals surface area contributed by atoms with Gasteiger partial charge in [0.05, 0.1) is 12.2 Å². The molecule has 2 aromatic carbocycles. The van der Waals surface area contributed by atoms with Crippen LogP contribution in [-0.4, -0.2) is 40.1 Å². The molecule has 2 aliphatic carbocycles. The second-order valence-electron chi connectivity index (χ2n) is 15.5. The minimum Gasteiger partial charge on any atom is -0.412 e. The van der Waals surface area contributed by atoms with Crippen molar-refractivity contribution in [2.45, 2.75) is 135 Å². The predicted molar refractivity (Wildman–Crippen MR) is 178 cm³/mol. The lowest BCUT2D eigenvalue weighted by Crippen LogP contribution is -2.64. The highest BCUT2D eigenvalue weighted by molar-refractivity contribution is 6.70. The van der Waals surface area contributed by atoms with E-state index in [1.165, 1.54) is 49.7 Å². The molecule has 1 unspecified atom stereocenters. The van der Waals surface area contributed by atoms with Crippen LogP contribution in [-0.2, 0) is 25.8 Å². The van der Waals surface area contributed by atoms with Gasteiger partial charge in [0.1, 0.15) is 6.10 Å². The molecular weight excluding hydrogens is 576 g/mol. The maximum atomic E-state index is 12.5. The van der Waals surface area contributed by atoms with E-state index in [4.69, 9.17) is 25.2 Å². The lowest BCUT2D eigenvalue weighted by molar-refractivity contribution is -0.339. The maximum Gasteiger partial charge on any atom is 0.221 e. The molecule has 7 heteroatoms. The summed E-state index contributed by atoms with van der Waals surface area (Å²) in [6, 6.07) is 15.0. The molecule has 1 aliphatic heterocycles. The molecule has 5 atom stereocenters. The molecule has 232 valence electrons. The van der Waals surface area contributed by atoms with E-state index in [2.05, 4.69) is 77.4 Å². The molecule has 4 nitrogen and oxygen atoms in total. The van der Waals surface area contributed by atoms with E-state index in [0.29, 0.717) is 22.9 Å². The highest BCUT2D eigenvalue weighted by atomic mass is 35.5. The molecule has 0 bridgehead atoms. The molecule has 2 aromatic rings. The third-order valence-corrected chi connectivity index (χ3v) is 12.1. The van der Waals surface area contributed by atoms with Gasteiger partial charge < -0.3 is 18.7 Å². The first-order chi connectivity index (χ1) is 19.6. The van der Waals surface area contributed by atoms with Crippen molar-refractivity contribution in [2.24, 2.45) is 11.3 Å². The Morgan fingerprint density at radius 2 is 1.52 bits per heavy atom. The minimum atomic E-state index is -2.09. The fourth-order valence-electron chi connectivity index (χ4n) is 7.21. The van der Waals surface area contributed by atoms with E-state index >= 15 is 0 Å². The van der Waals surface area contributed by atoms with Gasteiger partial charge in [-0.05, 0) is 131 Å². The van der Waals surface area contributed by atoms with Crippen LogP contribution in [0.25, 0.3) is 0 Å². The third-order valence-electron chi connectivity index (χ3n) is 9.80. The van der Waals surface area contributed by atoms with Crippen LogP contribution in [0.3, 0.4) is 0 Å². The van der Waals surface area contributed by atoms with Crippen molar-refractivity contribution in [3.63, 3.8) is 0 Å². The van der Waals surface area contributed by atoms with Gasteiger partial charge in [0.2, 0.25) is 5.79 Å². The van der Waals surface area contributed by atoms with Gasteiger partial charge in [0.25, 0.3) is 0 Å². The summed E-state index contributed by atoms with van der Waals surface area (Å²) in [7, 11) is -4.04. The maximum absolute atomic E-state index is 12.5. The smallest absolute Gasteiger partial charge is 0.221 e. The van der Waals surface area contributed by atoms with Crippen molar-refractivity contribution < 1.29 is 18.7 Å². The van der Waals surface area contributed by atoms with Crippen LogP contribution in [0.1, 0.15) is 87.0 Å². The Balaban J connectivity index is 1.42. The van der Waals surface area contributed by atoms with E-state index in [1.54, 1.807) is 0 Å². The third kappa shape index (κ3) is 7.27. The second kappa shape index (κ2) is 12.1. The Hall–Kier alpha value is -0.996. The number of aliphatic hydroxyl groups is 1. The Labute approximate surface area is 261 Å². The van der Waals surface area contributed by atoms with E-state index in [9.17, 15) is 5.11 Å². The Morgan fingerprint density at radius 3 is 2.07 bits per heavy atom.